The van der Waals surface area contributed by atoms with Gasteiger partial charge in [0.05, 0.1) is 4.91 Å². The highest BCUT2D eigenvalue weighted by Gasteiger charge is 2.26. The van der Waals surface area contributed by atoms with Gasteiger partial charge in [-0.25, -0.2) is 0 Å². The third-order valence-electron chi connectivity index (χ3n) is 4.36. The molecule has 1 aliphatic heterocycles. The van der Waals surface area contributed by atoms with Crippen molar-refractivity contribution in [3.8, 4) is 5.75 Å². The number of carbonyl (C=O) groups excluding carboxylic acids is 2. The third-order valence-corrected chi connectivity index (χ3v) is 6.42. The number of thioether (sulfide) groups is 1. The van der Waals surface area contributed by atoms with Crippen LogP contribution < -0.4 is 9.50 Å². The highest BCUT2D eigenvalue weighted by molar-refractivity contribution is 8.18. The first kappa shape index (κ1) is 19.2. The lowest BCUT2D eigenvalue weighted by Crippen LogP contribution is -2.17. The molecule has 146 valence electrons. The summed E-state index contributed by atoms with van der Waals surface area (Å²) in [6.07, 6.45) is 1.48. The van der Waals surface area contributed by atoms with Crippen LogP contribution in [-0.4, -0.2) is 19.6 Å². The number of benzene rings is 3. The van der Waals surface area contributed by atoms with Crippen molar-refractivity contribution < 1.29 is 22.2 Å². The van der Waals surface area contributed by atoms with E-state index in [9.17, 15) is 18.0 Å². The molecule has 6 nitrogen and oxygen atoms in total. The first-order valence-corrected chi connectivity index (χ1v) is 10.8. The standard InChI is InChI=1S/C21H15NO5S2/c1-13-6-9-15(10-7-13)29(25,26)27-18-11-8-14-4-2-3-5-16(14)17(18)12-19-20(23)22-21(24)28-19/h2-12H,1H3,(H,22,23,24)/b19-12-. The molecule has 0 aliphatic carbocycles. The molecule has 1 saturated heterocycles. The van der Waals surface area contributed by atoms with Crippen LogP contribution in [0.5, 0.6) is 5.75 Å². The molecule has 0 radical (unpaired) electrons. The lowest BCUT2D eigenvalue weighted by Gasteiger charge is -2.12. The Hall–Kier alpha value is -3.10. The minimum absolute atomic E-state index is 0.0259. The molecule has 3 aromatic rings. The molecule has 0 bridgehead atoms. The van der Waals surface area contributed by atoms with Gasteiger partial charge in [0.2, 0.25) is 0 Å². The van der Waals surface area contributed by atoms with Crippen molar-refractivity contribution in [3.63, 3.8) is 0 Å². The van der Waals surface area contributed by atoms with Crippen molar-refractivity contribution in [2.45, 2.75) is 11.8 Å². The van der Waals surface area contributed by atoms with E-state index < -0.39 is 21.3 Å². The summed E-state index contributed by atoms with van der Waals surface area (Å²) in [4.78, 5) is 23.7. The Balaban J connectivity index is 1.84. The zero-order valence-corrected chi connectivity index (χ0v) is 16.8. The first-order chi connectivity index (χ1) is 13.8. The van der Waals surface area contributed by atoms with E-state index in [1.807, 2.05) is 19.1 Å². The van der Waals surface area contributed by atoms with Gasteiger partial charge in [0.25, 0.3) is 11.1 Å². The fraction of sp³-hybridized carbons (Fsp3) is 0.0476. The van der Waals surface area contributed by atoms with Crippen LogP contribution in [0.25, 0.3) is 16.8 Å². The topological polar surface area (TPSA) is 89.5 Å². The second-order valence-electron chi connectivity index (χ2n) is 6.40. The number of hydrogen-bond donors (Lipinski definition) is 1. The highest BCUT2D eigenvalue weighted by atomic mass is 32.2. The van der Waals surface area contributed by atoms with Gasteiger partial charge >= 0.3 is 10.1 Å². The van der Waals surface area contributed by atoms with E-state index in [-0.39, 0.29) is 15.6 Å². The smallest absolute Gasteiger partial charge is 0.339 e. The first-order valence-electron chi connectivity index (χ1n) is 8.61. The zero-order chi connectivity index (χ0) is 20.6. The number of nitrogens with one attached hydrogen (secondary N) is 1. The SMILES string of the molecule is Cc1ccc(S(=O)(=O)Oc2ccc3ccccc3c2/C=C2\SC(=O)NC2=O)cc1. The lowest BCUT2D eigenvalue weighted by molar-refractivity contribution is -0.115. The van der Waals surface area contributed by atoms with Gasteiger partial charge in [-0.15, -0.1) is 0 Å². The van der Waals surface area contributed by atoms with Crippen LogP contribution in [0.4, 0.5) is 4.79 Å². The summed E-state index contributed by atoms with van der Waals surface area (Å²) in [5, 5.41) is 3.26. The molecule has 0 aromatic heterocycles. The van der Waals surface area contributed by atoms with Crippen LogP contribution in [-0.2, 0) is 14.9 Å². The average molecular weight is 425 g/mol. The summed E-state index contributed by atoms with van der Waals surface area (Å²) < 4.78 is 31.0. The molecule has 29 heavy (non-hydrogen) atoms. The molecular formula is C21H15NO5S2. The number of imide groups is 1. The van der Waals surface area contributed by atoms with E-state index in [0.29, 0.717) is 10.9 Å². The van der Waals surface area contributed by atoms with Crippen LogP contribution in [0, 0.1) is 6.92 Å². The zero-order valence-electron chi connectivity index (χ0n) is 15.2. The summed E-state index contributed by atoms with van der Waals surface area (Å²) in [6.45, 7) is 1.86. The monoisotopic (exact) mass is 425 g/mol. The predicted molar refractivity (Wildman–Crippen MR) is 112 cm³/mol. The molecule has 2 amide bonds. The van der Waals surface area contributed by atoms with Crippen molar-refractivity contribution in [2.75, 3.05) is 0 Å². The van der Waals surface area contributed by atoms with Crippen molar-refractivity contribution >= 4 is 49.9 Å². The summed E-state index contributed by atoms with van der Waals surface area (Å²) >= 11 is 0.758. The Morgan fingerprint density at radius 1 is 0.966 bits per heavy atom. The summed E-state index contributed by atoms with van der Waals surface area (Å²) in [5.74, 6) is -0.454. The van der Waals surface area contributed by atoms with E-state index in [0.717, 1.165) is 22.7 Å². The molecule has 4 rings (SSSR count). The molecule has 1 aliphatic rings. The van der Waals surface area contributed by atoms with Crippen molar-refractivity contribution in [1.82, 2.24) is 5.32 Å². The van der Waals surface area contributed by atoms with E-state index in [1.165, 1.54) is 18.2 Å². The van der Waals surface area contributed by atoms with Gasteiger partial charge in [-0.05, 0) is 53.7 Å². The molecule has 0 saturated carbocycles. The molecule has 0 unspecified atom stereocenters. The number of amides is 2. The maximum absolute atomic E-state index is 12.8. The van der Waals surface area contributed by atoms with Gasteiger partial charge in [0.15, 0.2) is 5.75 Å². The van der Waals surface area contributed by atoms with Gasteiger partial charge in [-0.1, -0.05) is 48.0 Å². The van der Waals surface area contributed by atoms with Gasteiger partial charge in [-0.2, -0.15) is 8.42 Å². The Morgan fingerprint density at radius 3 is 2.38 bits per heavy atom. The van der Waals surface area contributed by atoms with Gasteiger partial charge in [0, 0.05) is 5.56 Å². The Bertz CT molecular complexity index is 1280. The maximum atomic E-state index is 12.8. The third kappa shape index (κ3) is 3.90. The predicted octanol–water partition coefficient (Wildman–Crippen LogP) is 4.24. The fourth-order valence-electron chi connectivity index (χ4n) is 2.92. The number of hydrogen-bond acceptors (Lipinski definition) is 6. The van der Waals surface area contributed by atoms with Crippen molar-refractivity contribution in [3.05, 3.63) is 76.7 Å². The normalized spacial score (nSPS) is 15.7. The van der Waals surface area contributed by atoms with Crippen LogP contribution >= 0.6 is 11.8 Å². The Morgan fingerprint density at radius 2 is 1.69 bits per heavy atom. The van der Waals surface area contributed by atoms with E-state index in [1.54, 1.807) is 36.4 Å². The second kappa shape index (κ2) is 7.38. The molecule has 0 atom stereocenters. The largest absolute Gasteiger partial charge is 0.378 e. The molecular weight excluding hydrogens is 410 g/mol. The molecule has 1 heterocycles. The minimum Gasteiger partial charge on any atom is -0.378 e. The van der Waals surface area contributed by atoms with Gasteiger partial charge in [-0.3, -0.25) is 14.9 Å². The maximum Gasteiger partial charge on any atom is 0.339 e. The molecule has 0 spiro atoms. The van der Waals surface area contributed by atoms with Gasteiger partial charge < -0.3 is 4.18 Å². The Kier molecular flexibility index (Phi) is 4.89. The van der Waals surface area contributed by atoms with Crippen LogP contribution in [0.3, 0.4) is 0 Å². The second-order valence-corrected chi connectivity index (χ2v) is 8.96. The van der Waals surface area contributed by atoms with Gasteiger partial charge in [0.1, 0.15) is 4.90 Å². The number of aryl methyl sites for hydroxylation is 1. The number of fused-ring (bicyclic) bond motifs is 1. The molecule has 1 N–H and O–H groups in total. The number of rotatable bonds is 4. The molecule has 1 fully saturated rings. The average Bonchev–Trinajstić information content (AvgIpc) is 3.00. The minimum atomic E-state index is -4.08. The van der Waals surface area contributed by atoms with Crippen LogP contribution in [0.1, 0.15) is 11.1 Å². The molecule has 8 heteroatoms. The Labute approximate surface area is 171 Å². The quantitative estimate of drug-likeness (QED) is 0.497. The van der Waals surface area contributed by atoms with E-state index in [2.05, 4.69) is 5.32 Å². The summed E-state index contributed by atoms with van der Waals surface area (Å²) in [5.41, 5.74) is 1.33. The van der Waals surface area contributed by atoms with Crippen molar-refractivity contribution in [1.29, 1.82) is 0 Å². The lowest BCUT2D eigenvalue weighted by atomic mass is 10.0. The van der Waals surface area contributed by atoms with Crippen LogP contribution in [0.2, 0.25) is 0 Å². The van der Waals surface area contributed by atoms with E-state index >= 15 is 0 Å². The molecule has 3 aromatic carbocycles. The fourth-order valence-corrected chi connectivity index (χ4v) is 4.53. The van der Waals surface area contributed by atoms with Crippen molar-refractivity contribution in [2.24, 2.45) is 0 Å². The highest BCUT2D eigenvalue weighted by Crippen LogP contribution is 2.35. The number of carbonyl (C=O) groups is 2. The summed E-state index contributed by atoms with van der Waals surface area (Å²) in [7, 11) is -4.08. The summed E-state index contributed by atoms with van der Waals surface area (Å²) in [6, 6.07) is 16.9. The van der Waals surface area contributed by atoms with Crippen LogP contribution in [0.15, 0.2) is 70.5 Å². The van der Waals surface area contributed by atoms with E-state index in [4.69, 9.17) is 4.18 Å².